The van der Waals surface area contributed by atoms with Crippen molar-refractivity contribution in [3.05, 3.63) is 36.4 Å². The summed E-state index contributed by atoms with van der Waals surface area (Å²) in [5.74, 6) is -0.326. The molecule has 0 saturated carbocycles. The Bertz CT molecular complexity index is 758. The number of anilines is 1. The van der Waals surface area contributed by atoms with E-state index in [1.54, 1.807) is 0 Å². The second kappa shape index (κ2) is 6.55. The van der Waals surface area contributed by atoms with Gasteiger partial charge in [0, 0.05) is 18.9 Å². The molecule has 0 radical (unpaired) electrons. The number of benzene rings is 1. The van der Waals surface area contributed by atoms with Crippen molar-refractivity contribution in [1.29, 1.82) is 0 Å². The fourth-order valence-corrected chi connectivity index (χ4v) is 3.22. The van der Waals surface area contributed by atoms with Crippen molar-refractivity contribution in [3.63, 3.8) is 0 Å². The summed E-state index contributed by atoms with van der Waals surface area (Å²) in [5.41, 5.74) is 0.0317. The Hall–Kier alpha value is -2.13. The van der Waals surface area contributed by atoms with Gasteiger partial charge >= 0.3 is 0 Å². The number of halogens is 1. The van der Waals surface area contributed by atoms with Crippen molar-refractivity contribution in [2.75, 3.05) is 17.9 Å². The van der Waals surface area contributed by atoms with Crippen LogP contribution in [0.1, 0.15) is 12.8 Å². The van der Waals surface area contributed by atoms with E-state index in [0.717, 1.165) is 25.1 Å². The van der Waals surface area contributed by atoms with Gasteiger partial charge in [-0.05, 0) is 25.0 Å². The third kappa shape index (κ3) is 3.80. The van der Waals surface area contributed by atoms with Crippen molar-refractivity contribution in [2.24, 2.45) is 0 Å². The number of H-pyrrole nitrogens is 1. The molecule has 0 aliphatic carbocycles. The number of aromatic amines is 1. The normalized spacial score (nSPS) is 18.0. The highest BCUT2D eigenvalue weighted by Crippen LogP contribution is 2.28. The van der Waals surface area contributed by atoms with Crippen LogP contribution in [0.25, 0.3) is 0 Å². The lowest BCUT2D eigenvalue weighted by Gasteiger charge is -2.15. The van der Waals surface area contributed by atoms with Crippen molar-refractivity contribution in [1.82, 2.24) is 10.2 Å². The largest absolute Gasteiger partial charge is 0.489 e. The third-order valence-corrected chi connectivity index (χ3v) is 4.75. The second-order valence-corrected chi connectivity index (χ2v) is 6.81. The van der Waals surface area contributed by atoms with Gasteiger partial charge in [-0.15, -0.1) is 0 Å². The maximum atomic E-state index is 13.5. The molecule has 1 fully saturated rings. The lowest BCUT2D eigenvalue weighted by Crippen LogP contribution is -2.18. The highest BCUT2D eigenvalue weighted by molar-refractivity contribution is 7.92. The predicted molar refractivity (Wildman–Crippen MR) is 80.3 cm³/mol. The van der Waals surface area contributed by atoms with Crippen LogP contribution in [-0.2, 0) is 14.8 Å². The molecule has 2 aromatic rings. The molecule has 1 saturated heterocycles. The molecule has 23 heavy (non-hydrogen) atoms. The van der Waals surface area contributed by atoms with Gasteiger partial charge in [0.25, 0.3) is 10.0 Å². The topological polar surface area (TPSA) is 93.3 Å². The van der Waals surface area contributed by atoms with Gasteiger partial charge in [-0.3, -0.25) is 9.82 Å². The summed E-state index contributed by atoms with van der Waals surface area (Å²) in [5, 5.41) is 6.01. The van der Waals surface area contributed by atoms with Crippen LogP contribution in [0.2, 0.25) is 0 Å². The molecule has 1 aromatic heterocycles. The van der Waals surface area contributed by atoms with Crippen molar-refractivity contribution in [3.8, 4) is 5.75 Å². The van der Waals surface area contributed by atoms with E-state index in [1.165, 1.54) is 18.3 Å². The predicted octanol–water partition coefficient (Wildman–Crippen LogP) is 1.91. The first-order valence-corrected chi connectivity index (χ1v) is 8.58. The molecule has 7 nitrogen and oxygen atoms in total. The number of hydrogen-bond acceptors (Lipinski definition) is 5. The van der Waals surface area contributed by atoms with Crippen LogP contribution in [0.5, 0.6) is 5.75 Å². The summed E-state index contributed by atoms with van der Waals surface area (Å²) in [4.78, 5) is -0.0492. The zero-order valence-corrected chi connectivity index (χ0v) is 13.0. The summed E-state index contributed by atoms with van der Waals surface area (Å²) in [7, 11) is -3.87. The Kier molecular flexibility index (Phi) is 4.49. The standard InChI is InChI=1S/C14H16FN3O4S/c15-10-3-4-14(22-9-11-2-1-5-21-11)13(6-10)18-23(19,20)12-7-16-17-8-12/h3-4,6-8,11,18H,1-2,5,9H2,(H,16,17)/t11-/m1/s1. The molecule has 1 aromatic carbocycles. The highest BCUT2D eigenvalue weighted by atomic mass is 32.2. The summed E-state index contributed by atoms with van der Waals surface area (Å²) in [6.07, 6.45) is 4.22. The van der Waals surface area contributed by atoms with Crippen LogP contribution < -0.4 is 9.46 Å². The van der Waals surface area contributed by atoms with Gasteiger partial charge in [0.15, 0.2) is 0 Å². The van der Waals surface area contributed by atoms with E-state index >= 15 is 0 Å². The Balaban J connectivity index is 1.78. The number of nitrogens with zero attached hydrogens (tertiary/aromatic N) is 1. The van der Waals surface area contributed by atoms with Gasteiger partial charge in [0.05, 0.1) is 18.0 Å². The van der Waals surface area contributed by atoms with Crippen LogP contribution in [0.3, 0.4) is 0 Å². The molecule has 0 amide bonds. The van der Waals surface area contributed by atoms with E-state index in [4.69, 9.17) is 9.47 Å². The summed E-state index contributed by atoms with van der Waals surface area (Å²) in [6.45, 7) is 0.976. The van der Waals surface area contributed by atoms with E-state index in [2.05, 4.69) is 14.9 Å². The van der Waals surface area contributed by atoms with E-state index < -0.39 is 15.8 Å². The van der Waals surface area contributed by atoms with Crippen LogP contribution in [0, 0.1) is 5.82 Å². The minimum absolute atomic E-state index is 0.0293. The molecule has 124 valence electrons. The Morgan fingerprint density at radius 2 is 2.35 bits per heavy atom. The molecule has 1 aliphatic rings. The van der Waals surface area contributed by atoms with Gasteiger partial charge in [-0.25, -0.2) is 12.8 Å². The van der Waals surface area contributed by atoms with Gasteiger partial charge in [-0.2, -0.15) is 5.10 Å². The molecular weight excluding hydrogens is 325 g/mol. The molecular formula is C14H16FN3O4S. The minimum atomic E-state index is -3.87. The molecule has 2 N–H and O–H groups in total. The number of hydrogen-bond donors (Lipinski definition) is 2. The van der Waals surface area contributed by atoms with Crippen molar-refractivity contribution in [2.45, 2.75) is 23.8 Å². The average molecular weight is 341 g/mol. The zero-order chi connectivity index (χ0) is 16.3. The maximum absolute atomic E-state index is 13.5. The molecule has 0 unspecified atom stereocenters. The third-order valence-electron chi connectivity index (χ3n) is 3.42. The molecule has 1 atom stereocenters. The number of ether oxygens (including phenoxy) is 2. The van der Waals surface area contributed by atoms with Crippen LogP contribution in [0.4, 0.5) is 10.1 Å². The fourth-order valence-electron chi connectivity index (χ4n) is 2.26. The molecule has 2 heterocycles. The highest BCUT2D eigenvalue weighted by Gasteiger charge is 2.20. The van der Waals surface area contributed by atoms with Crippen molar-refractivity contribution >= 4 is 15.7 Å². The first-order valence-electron chi connectivity index (χ1n) is 7.10. The molecule has 1 aliphatic heterocycles. The van der Waals surface area contributed by atoms with Crippen LogP contribution >= 0.6 is 0 Å². The Morgan fingerprint density at radius 1 is 1.48 bits per heavy atom. The lowest BCUT2D eigenvalue weighted by molar-refractivity contribution is 0.0682. The average Bonchev–Trinajstić information content (AvgIpc) is 3.20. The van der Waals surface area contributed by atoms with E-state index in [-0.39, 0.29) is 29.0 Å². The minimum Gasteiger partial charge on any atom is -0.489 e. The van der Waals surface area contributed by atoms with Gasteiger partial charge < -0.3 is 9.47 Å². The number of rotatable bonds is 6. The first kappa shape index (κ1) is 15.8. The monoisotopic (exact) mass is 341 g/mol. The zero-order valence-electron chi connectivity index (χ0n) is 12.2. The Morgan fingerprint density at radius 3 is 3.04 bits per heavy atom. The second-order valence-electron chi connectivity index (χ2n) is 5.13. The quantitative estimate of drug-likeness (QED) is 0.837. The van der Waals surface area contributed by atoms with Crippen LogP contribution in [-0.4, -0.2) is 37.9 Å². The van der Waals surface area contributed by atoms with E-state index in [0.29, 0.717) is 6.61 Å². The fraction of sp³-hybridized carbons (Fsp3) is 0.357. The Labute approximate surface area is 132 Å². The number of aromatic nitrogens is 2. The lowest BCUT2D eigenvalue weighted by atomic mass is 10.2. The van der Waals surface area contributed by atoms with E-state index in [9.17, 15) is 12.8 Å². The summed E-state index contributed by atoms with van der Waals surface area (Å²) in [6, 6.07) is 3.67. The van der Waals surface area contributed by atoms with E-state index in [1.807, 2.05) is 0 Å². The molecule has 0 bridgehead atoms. The SMILES string of the molecule is O=S(=O)(Nc1cc(F)ccc1OC[C@H]1CCCO1)c1cn[nH]c1. The summed E-state index contributed by atoms with van der Waals surface area (Å²) >= 11 is 0. The number of nitrogens with one attached hydrogen (secondary N) is 2. The van der Waals surface area contributed by atoms with Gasteiger partial charge in [-0.1, -0.05) is 0 Å². The first-order chi connectivity index (χ1) is 11.0. The smallest absolute Gasteiger partial charge is 0.265 e. The molecule has 9 heteroatoms. The molecule has 3 rings (SSSR count). The maximum Gasteiger partial charge on any atom is 0.265 e. The number of sulfonamides is 1. The van der Waals surface area contributed by atoms with Gasteiger partial charge in [0.1, 0.15) is 23.1 Å². The van der Waals surface area contributed by atoms with Crippen molar-refractivity contribution < 1.29 is 22.3 Å². The summed E-state index contributed by atoms with van der Waals surface area (Å²) < 4.78 is 51.3. The molecule has 0 spiro atoms. The van der Waals surface area contributed by atoms with Gasteiger partial charge in [0.2, 0.25) is 0 Å². The van der Waals surface area contributed by atoms with Crippen LogP contribution in [0.15, 0.2) is 35.5 Å².